The highest BCUT2D eigenvalue weighted by molar-refractivity contribution is 7.15. The van der Waals surface area contributed by atoms with Crippen LogP contribution in [0.25, 0.3) is 4.83 Å². The number of carbonyl (C=O) groups excluding carboxylic acids is 1. The third-order valence-electron chi connectivity index (χ3n) is 3.71. The van der Waals surface area contributed by atoms with Crippen molar-refractivity contribution in [3.63, 3.8) is 0 Å². The normalized spacial score (nSPS) is 20.1. The number of aryl methyl sites for hydroxylation is 1. The number of hydrogen-bond acceptors (Lipinski definition) is 3. The quantitative estimate of drug-likeness (QED) is 0.799. The maximum atomic E-state index is 12.0. The van der Waals surface area contributed by atoms with Gasteiger partial charge in [-0.25, -0.2) is 4.98 Å². The fourth-order valence-electron chi connectivity index (χ4n) is 2.80. The van der Waals surface area contributed by atoms with Crippen molar-refractivity contribution in [1.29, 1.82) is 0 Å². The van der Waals surface area contributed by atoms with E-state index in [0.29, 0.717) is 0 Å². The predicted molar refractivity (Wildman–Crippen MR) is 76.8 cm³/mol. The first-order chi connectivity index (χ1) is 9.22. The number of alkyl halides is 1. The average molecular weight is 298 g/mol. The zero-order chi connectivity index (χ0) is 13.4. The van der Waals surface area contributed by atoms with Crippen molar-refractivity contribution in [2.24, 2.45) is 0 Å². The van der Waals surface area contributed by atoms with E-state index < -0.39 is 0 Å². The standard InChI is InChI=1S/C13H16ClN3OS/c1-9-15-12(13-16(9)6-7-19-13)10-4-2-3-5-17(10)11(18)8-14/h6-7,10H,2-5,8H2,1H3. The lowest BCUT2D eigenvalue weighted by atomic mass is 10.00. The minimum Gasteiger partial charge on any atom is -0.333 e. The lowest BCUT2D eigenvalue weighted by molar-refractivity contribution is -0.132. The first-order valence-electron chi connectivity index (χ1n) is 6.50. The van der Waals surface area contributed by atoms with Gasteiger partial charge < -0.3 is 4.90 Å². The molecule has 1 atom stereocenters. The Morgan fingerprint density at radius 3 is 3.21 bits per heavy atom. The molecule has 1 unspecified atom stereocenters. The van der Waals surface area contributed by atoms with E-state index in [1.165, 1.54) is 0 Å². The Bertz CT molecular complexity index is 606. The summed E-state index contributed by atoms with van der Waals surface area (Å²) < 4.78 is 2.10. The van der Waals surface area contributed by atoms with E-state index in [1.54, 1.807) is 11.3 Å². The van der Waals surface area contributed by atoms with Crippen LogP contribution in [0.3, 0.4) is 0 Å². The van der Waals surface area contributed by atoms with Gasteiger partial charge in [-0.1, -0.05) is 0 Å². The molecule has 102 valence electrons. The Kier molecular flexibility index (Phi) is 3.50. The van der Waals surface area contributed by atoms with Gasteiger partial charge in [0.05, 0.1) is 11.7 Å². The Morgan fingerprint density at radius 1 is 1.58 bits per heavy atom. The summed E-state index contributed by atoms with van der Waals surface area (Å²) in [5.74, 6) is 1.05. The van der Waals surface area contributed by atoms with Crippen LogP contribution < -0.4 is 0 Å². The van der Waals surface area contributed by atoms with Gasteiger partial charge in [0.25, 0.3) is 0 Å². The summed E-state index contributed by atoms with van der Waals surface area (Å²) in [5.41, 5.74) is 1.03. The van der Waals surface area contributed by atoms with E-state index in [0.717, 1.165) is 42.2 Å². The van der Waals surface area contributed by atoms with Crippen LogP contribution in [0.15, 0.2) is 11.6 Å². The molecule has 3 heterocycles. The third-order valence-corrected chi connectivity index (χ3v) is 4.83. The number of thiazole rings is 1. The van der Waals surface area contributed by atoms with E-state index in [-0.39, 0.29) is 17.8 Å². The summed E-state index contributed by atoms with van der Waals surface area (Å²) in [4.78, 5) is 19.7. The van der Waals surface area contributed by atoms with Crippen molar-refractivity contribution >= 4 is 33.7 Å². The lowest BCUT2D eigenvalue weighted by Crippen LogP contribution is -2.39. The van der Waals surface area contributed by atoms with Gasteiger partial charge >= 0.3 is 0 Å². The van der Waals surface area contributed by atoms with Crippen molar-refractivity contribution in [3.05, 3.63) is 23.1 Å². The van der Waals surface area contributed by atoms with Gasteiger partial charge in [0.15, 0.2) is 0 Å². The number of imidazole rings is 1. The second-order valence-electron chi connectivity index (χ2n) is 4.85. The molecule has 2 aromatic rings. The Morgan fingerprint density at radius 2 is 2.42 bits per heavy atom. The number of fused-ring (bicyclic) bond motifs is 1. The highest BCUT2D eigenvalue weighted by atomic mass is 35.5. The van der Waals surface area contributed by atoms with E-state index >= 15 is 0 Å². The zero-order valence-electron chi connectivity index (χ0n) is 10.8. The van der Waals surface area contributed by atoms with Gasteiger partial charge in [0.1, 0.15) is 16.5 Å². The van der Waals surface area contributed by atoms with Crippen molar-refractivity contribution in [2.45, 2.75) is 32.2 Å². The van der Waals surface area contributed by atoms with Gasteiger partial charge in [-0.15, -0.1) is 22.9 Å². The molecule has 6 heteroatoms. The molecule has 0 radical (unpaired) electrons. The molecule has 4 nitrogen and oxygen atoms in total. The van der Waals surface area contributed by atoms with Crippen LogP contribution in [0.4, 0.5) is 0 Å². The first kappa shape index (κ1) is 12.9. The molecule has 0 spiro atoms. The summed E-state index contributed by atoms with van der Waals surface area (Å²) >= 11 is 7.41. The van der Waals surface area contributed by atoms with E-state index in [4.69, 9.17) is 11.6 Å². The Hall–Kier alpha value is -1.07. The first-order valence-corrected chi connectivity index (χ1v) is 7.91. The molecule has 1 amide bonds. The number of piperidine rings is 1. The van der Waals surface area contributed by atoms with Crippen LogP contribution in [0.2, 0.25) is 0 Å². The highest BCUT2D eigenvalue weighted by Crippen LogP contribution is 2.34. The van der Waals surface area contributed by atoms with Gasteiger partial charge in [-0.05, 0) is 26.2 Å². The smallest absolute Gasteiger partial charge is 0.238 e. The molecule has 0 aromatic carbocycles. The number of amides is 1. The van der Waals surface area contributed by atoms with Crippen LogP contribution in [0.5, 0.6) is 0 Å². The summed E-state index contributed by atoms with van der Waals surface area (Å²) in [6.45, 7) is 2.79. The van der Waals surface area contributed by atoms with Crippen LogP contribution in [0, 0.1) is 6.92 Å². The van der Waals surface area contributed by atoms with Crippen molar-refractivity contribution in [3.8, 4) is 0 Å². The molecule has 0 saturated carbocycles. The molecule has 19 heavy (non-hydrogen) atoms. The van der Waals surface area contributed by atoms with Crippen molar-refractivity contribution in [1.82, 2.24) is 14.3 Å². The zero-order valence-corrected chi connectivity index (χ0v) is 12.4. The van der Waals surface area contributed by atoms with E-state index in [2.05, 4.69) is 14.8 Å². The summed E-state index contributed by atoms with van der Waals surface area (Å²) in [6, 6.07) is 0.0855. The van der Waals surface area contributed by atoms with Crippen LogP contribution in [0.1, 0.15) is 36.8 Å². The number of likely N-dealkylation sites (tertiary alicyclic amines) is 1. The fourth-order valence-corrected chi connectivity index (χ4v) is 3.88. The fraction of sp³-hybridized carbons (Fsp3) is 0.538. The number of hydrogen-bond donors (Lipinski definition) is 0. The van der Waals surface area contributed by atoms with Gasteiger partial charge in [0, 0.05) is 18.1 Å². The molecule has 1 aliphatic heterocycles. The Balaban J connectivity index is 2.02. The SMILES string of the molecule is Cc1nc(C2CCCCN2C(=O)CCl)c2sccn12. The maximum absolute atomic E-state index is 12.0. The number of halogens is 1. The monoisotopic (exact) mass is 297 g/mol. The van der Waals surface area contributed by atoms with Crippen molar-refractivity contribution < 1.29 is 4.79 Å². The summed E-state index contributed by atoms with van der Waals surface area (Å²) in [7, 11) is 0. The largest absolute Gasteiger partial charge is 0.333 e. The second-order valence-corrected chi connectivity index (χ2v) is 6.02. The minimum absolute atomic E-state index is 0.0155. The molecule has 0 N–H and O–H groups in total. The molecule has 0 aliphatic carbocycles. The number of nitrogens with zero attached hydrogens (tertiary/aromatic N) is 3. The minimum atomic E-state index is 0.0155. The molecule has 1 fully saturated rings. The maximum Gasteiger partial charge on any atom is 0.238 e. The van der Waals surface area contributed by atoms with Crippen LogP contribution in [-0.2, 0) is 4.79 Å². The number of rotatable bonds is 2. The predicted octanol–water partition coefficient (Wildman–Crippen LogP) is 3.00. The highest BCUT2D eigenvalue weighted by Gasteiger charge is 2.31. The lowest BCUT2D eigenvalue weighted by Gasteiger charge is -2.34. The van der Waals surface area contributed by atoms with Crippen LogP contribution in [-0.4, -0.2) is 32.6 Å². The topological polar surface area (TPSA) is 37.6 Å². The summed E-state index contributed by atoms with van der Waals surface area (Å²) in [5, 5.41) is 2.06. The van der Waals surface area contributed by atoms with Crippen LogP contribution >= 0.6 is 22.9 Å². The average Bonchev–Trinajstić information content (AvgIpc) is 3.02. The third kappa shape index (κ3) is 2.15. The van der Waals surface area contributed by atoms with Gasteiger partial charge in [0.2, 0.25) is 5.91 Å². The molecule has 0 bridgehead atoms. The van der Waals surface area contributed by atoms with E-state index in [9.17, 15) is 4.79 Å². The molecule has 2 aromatic heterocycles. The second kappa shape index (κ2) is 5.13. The molecule has 3 rings (SSSR count). The molecular formula is C13H16ClN3OS. The number of aromatic nitrogens is 2. The molecule has 1 saturated heterocycles. The van der Waals surface area contributed by atoms with Crippen molar-refractivity contribution in [2.75, 3.05) is 12.4 Å². The van der Waals surface area contributed by atoms with Gasteiger partial charge in [-0.3, -0.25) is 9.20 Å². The Labute approximate surface area is 121 Å². The van der Waals surface area contributed by atoms with E-state index in [1.807, 2.05) is 18.0 Å². The molecular weight excluding hydrogens is 282 g/mol. The molecule has 1 aliphatic rings. The summed E-state index contributed by atoms with van der Waals surface area (Å²) in [6.07, 6.45) is 5.20. The number of carbonyl (C=O) groups is 1. The van der Waals surface area contributed by atoms with Gasteiger partial charge in [-0.2, -0.15) is 0 Å².